The van der Waals surface area contributed by atoms with E-state index in [1.807, 2.05) is 6.07 Å². The molecule has 2 rings (SSSR count). The molecule has 0 radical (unpaired) electrons. The van der Waals surface area contributed by atoms with E-state index in [2.05, 4.69) is 4.72 Å². The summed E-state index contributed by atoms with van der Waals surface area (Å²) in [6, 6.07) is 5.28. The Kier molecular flexibility index (Phi) is 5.91. The van der Waals surface area contributed by atoms with Crippen LogP contribution in [0, 0.1) is 5.92 Å². The zero-order valence-corrected chi connectivity index (χ0v) is 14.1. The van der Waals surface area contributed by atoms with E-state index in [0.29, 0.717) is 42.6 Å². The first kappa shape index (κ1) is 17.0. The van der Waals surface area contributed by atoms with Crippen LogP contribution in [0.1, 0.15) is 18.9 Å². The van der Waals surface area contributed by atoms with Crippen LogP contribution in [0.4, 0.5) is 0 Å². The van der Waals surface area contributed by atoms with Crippen molar-refractivity contribution in [3.8, 4) is 0 Å². The second-order valence-electron chi connectivity index (χ2n) is 5.14. The Labute approximate surface area is 135 Å². The van der Waals surface area contributed by atoms with E-state index in [4.69, 9.17) is 27.9 Å². The molecule has 1 aliphatic heterocycles. The van der Waals surface area contributed by atoms with Gasteiger partial charge < -0.3 is 4.74 Å². The van der Waals surface area contributed by atoms with Gasteiger partial charge in [-0.3, -0.25) is 0 Å². The van der Waals surface area contributed by atoms with Gasteiger partial charge in [-0.05, 0) is 30.5 Å². The highest BCUT2D eigenvalue weighted by Gasteiger charge is 2.35. The van der Waals surface area contributed by atoms with Crippen LogP contribution in [-0.2, 0) is 21.2 Å². The highest BCUT2D eigenvalue weighted by Crippen LogP contribution is 2.29. The van der Waals surface area contributed by atoms with Gasteiger partial charge in [-0.15, -0.1) is 0 Å². The van der Waals surface area contributed by atoms with Crippen LogP contribution < -0.4 is 4.72 Å². The van der Waals surface area contributed by atoms with Crippen molar-refractivity contribution in [1.29, 1.82) is 0 Å². The zero-order valence-electron chi connectivity index (χ0n) is 11.8. The first-order valence-corrected chi connectivity index (χ1v) is 9.24. The average Bonchev–Trinajstić information content (AvgIpc) is 2.42. The minimum atomic E-state index is -3.32. The van der Waals surface area contributed by atoms with Gasteiger partial charge >= 0.3 is 0 Å². The van der Waals surface area contributed by atoms with Crippen LogP contribution in [0.25, 0.3) is 0 Å². The molecule has 2 unspecified atom stereocenters. The smallest absolute Gasteiger partial charge is 0.214 e. The van der Waals surface area contributed by atoms with Crippen LogP contribution >= 0.6 is 23.2 Å². The van der Waals surface area contributed by atoms with Crippen molar-refractivity contribution in [1.82, 2.24) is 4.72 Å². The number of benzene rings is 1. The van der Waals surface area contributed by atoms with Crippen LogP contribution in [0.5, 0.6) is 0 Å². The summed E-state index contributed by atoms with van der Waals surface area (Å²) in [6.45, 7) is 3.07. The topological polar surface area (TPSA) is 55.4 Å². The van der Waals surface area contributed by atoms with Crippen LogP contribution in [0.15, 0.2) is 18.2 Å². The van der Waals surface area contributed by atoms with Gasteiger partial charge in [0.2, 0.25) is 10.0 Å². The molecule has 0 bridgehead atoms. The van der Waals surface area contributed by atoms with Crippen molar-refractivity contribution in [3.63, 3.8) is 0 Å². The van der Waals surface area contributed by atoms with Gasteiger partial charge in [-0.2, -0.15) is 0 Å². The molecule has 1 fully saturated rings. The molecule has 1 saturated heterocycles. The molecule has 2 atom stereocenters. The Morgan fingerprint density at radius 1 is 1.38 bits per heavy atom. The lowest BCUT2D eigenvalue weighted by Gasteiger charge is -2.31. The summed E-state index contributed by atoms with van der Waals surface area (Å²) in [5.41, 5.74) is 0.897. The second-order valence-corrected chi connectivity index (χ2v) is 7.97. The van der Waals surface area contributed by atoms with Gasteiger partial charge in [0.25, 0.3) is 0 Å². The molecule has 118 valence electrons. The van der Waals surface area contributed by atoms with E-state index in [1.54, 1.807) is 19.1 Å². The van der Waals surface area contributed by atoms with E-state index in [1.165, 1.54) is 0 Å². The third-order valence-corrected chi connectivity index (χ3v) is 6.34. The molecule has 0 aliphatic carbocycles. The zero-order chi connectivity index (χ0) is 15.5. The molecule has 0 spiro atoms. The molecule has 0 aromatic heterocycles. The molecule has 7 heteroatoms. The van der Waals surface area contributed by atoms with Gasteiger partial charge in [0.05, 0.1) is 11.9 Å². The summed E-state index contributed by atoms with van der Waals surface area (Å²) in [7, 11) is -3.32. The van der Waals surface area contributed by atoms with Crippen molar-refractivity contribution in [2.45, 2.75) is 25.0 Å². The molecule has 21 heavy (non-hydrogen) atoms. The number of halogens is 2. The van der Waals surface area contributed by atoms with E-state index in [-0.39, 0.29) is 5.92 Å². The van der Waals surface area contributed by atoms with Gasteiger partial charge in [0.15, 0.2) is 0 Å². The summed E-state index contributed by atoms with van der Waals surface area (Å²) in [6.07, 6.45) is 1.07. The largest absolute Gasteiger partial charge is 0.381 e. The lowest BCUT2D eigenvalue weighted by molar-refractivity contribution is 0.0570. The fourth-order valence-corrected chi connectivity index (χ4v) is 4.84. The second kappa shape index (κ2) is 7.29. The lowest BCUT2D eigenvalue weighted by atomic mass is 9.93. The summed E-state index contributed by atoms with van der Waals surface area (Å²) >= 11 is 12.1. The quantitative estimate of drug-likeness (QED) is 0.887. The molecule has 1 aliphatic rings. The van der Waals surface area contributed by atoms with Crippen LogP contribution in [0.3, 0.4) is 0 Å². The third-order valence-electron chi connectivity index (χ3n) is 3.65. The first-order valence-electron chi connectivity index (χ1n) is 6.94. The number of hydrogen-bond acceptors (Lipinski definition) is 3. The predicted octanol–water partition coefficient (Wildman–Crippen LogP) is 2.88. The fraction of sp³-hybridized carbons (Fsp3) is 0.571. The molecule has 1 heterocycles. The molecule has 0 amide bonds. The maximum absolute atomic E-state index is 12.3. The Morgan fingerprint density at radius 2 is 2.14 bits per heavy atom. The number of sulfonamides is 1. The van der Waals surface area contributed by atoms with Crippen LogP contribution in [0.2, 0.25) is 10.0 Å². The van der Waals surface area contributed by atoms with Gasteiger partial charge in [-0.1, -0.05) is 36.2 Å². The molecule has 0 saturated carbocycles. The monoisotopic (exact) mass is 351 g/mol. The Balaban J connectivity index is 2.19. The Hall–Kier alpha value is -0.330. The highest BCUT2D eigenvalue weighted by molar-refractivity contribution is 7.90. The fourth-order valence-electron chi connectivity index (χ4n) is 2.65. The molecule has 1 N–H and O–H groups in total. The van der Waals surface area contributed by atoms with Gasteiger partial charge in [0, 0.05) is 29.1 Å². The van der Waals surface area contributed by atoms with Crippen molar-refractivity contribution in [2.75, 3.05) is 19.8 Å². The molecule has 1 aromatic rings. The minimum Gasteiger partial charge on any atom is -0.381 e. The minimum absolute atomic E-state index is 0.110. The third kappa shape index (κ3) is 4.33. The molecular formula is C14H19Cl2NO3S. The number of rotatable bonds is 5. The summed E-state index contributed by atoms with van der Waals surface area (Å²) < 4.78 is 32.7. The van der Waals surface area contributed by atoms with Crippen molar-refractivity contribution in [3.05, 3.63) is 33.8 Å². The lowest BCUT2D eigenvalue weighted by Crippen LogP contribution is -2.44. The highest BCUT2D eigenvalue weighted by atomic mass is 35.5. The van der Waals surface area contributed by atoms with Crippen molar-refractivity contribution in [2.24, 2.45) is 5.92 Å². The van der Waals surface area contributed by atoms with E-state index in [0.717, 1.165) is 5.56 Å². The summed E-state index contributed by atoms with van der Waals surface area (Å²) in [5, 5.41) is 0.686. The predicted molar refractivity (Wildman–Crippen MR) is 85.5 cm³/mol. The van der Waals surface area contributed by atoms with Crippen molar-refractivity contribution < 1.29 is 13.2 Å². The Morgan fingerprint density at radius 3 is 2.81 bits per heavy atom. The summed E-state index contributed by atoms with van der Waals surface area (Å²) in [4.78, 5) is 0. The van der Waals surface area contributed by atoms with E-state index < -0.39 is 15.3 Å². The number of nitrogens with one attached hydrogen (secondary N) is 1. The maximum Gasteiger partial charge on any atom is 0.214 e. The number of hydrogen-bond donors (Lipinski definition) is 1. The van der Waals surface area contributed by atoms with E-state index in [9.17, 15) is 8.42 Å². The van der Waals surface area contributed by atoms with E-state index >= 15 is 0 Å². The first-order chi connectivity index (χ1) is 9.94. The normalized spacial score (nSPS) is 23.2. The number of ether oxygens (including phenoxy) is 1. The molecule has 4 nitrogen and oxygen atoms in total. The molecule has 1 aromatic carbocycles. The van der Waals surface area contributed by atoms with Gasteiger partial charge in [0.1, 0.15) is 0 Å². The standard InChI is InChI=1S/C14H19Cl2NO3S/c1-2-17-21(18,19)14-5-6-20-9-11(14)7-10-3-4-12(15)8-13(10)16/h3-4,8,11,14,17H,2,5-7,9H2,1H3. The average molecular weight is 352 g/mol. The van der Waals surface area contributed by atoms with Crippen molar-refractivity contribution >= 4 is 33.2 Å². The van der Waals surface area contributed by atoms with Crippen LogP contribution in [-0.4, -0.2) is 33.4 Å². The maximum atomic E-state index is 12.3. The molecular weight excluding hydrogens is 333 g/mol. The SMILES string of the molecule is CCNS(=O)(=O)C1CCOCC1Cc1ccc(Cl)cc1Cl. The Bertz CT molecular complexity index is 592. The van der Waals surface area contributed by atoms with Gasteiger partial charge in [-0.25, -0.2) is 13.1 Å². The summed E-state index contributed by atoms with van der Waals surface area (Å²) in [5.74, 6) is -0.110.